The van der Waals surface area contributed by atoms with Crippen molar-refractivity contribution < 1.29 is 14.3 Å². The Balaban J connectivity index is 1.75. The van der Waals surface area contributed by atoms with Crippen LogP contribution in [0.2, 0.25) is 0 Å². The number of aromatic nitrogens is 1. The van der Waals surface area contributed by atoms with Crippen molar-refractivity contribution in [2.24, 2.45) is 0 Å². The second-order valence-electron chi connectivity index (χ2n) is 5.73. The van der Waals surface area contributed by atoms with E-state index in [1.807, 2.05) is 43.3 Å². The summed E-state index contributed by atoms with van der Waals surface area (Å²) in [5, 5.41) is 4.36. The van der Waals surface area contributed by atoms with E-state index in [1.54, 1.807) is 12.3 Å². The van der Waals surface area contributed by atoms with Crippen molar-refractivity contribution in [3.63, 3.8) is 0 Å². The van der Waals surface area contributed by atoms with E-state index in [0.29, 0.717) is 12.2 Å². The number of nitrogens with one attached hydrogen (secondary N) is 1. The highest BCUT2D eigenvalue weighted by Gasteiger charge is 2.11. The number of nitrogens with zero attached hydrogens (tertiary/aromatic N) is 2. The van der Waals surface area contributed by atoms with Crippen LogP contribution in [0, 0.1) is 6.92 Å². The average molecular weight is 363 g/mol. The highest BCUT2D eigenvalue weighted by molar-refractivity contribution is 7.07. The lowest BCUT2D eigenvalue weighted by Crippen LogP contribution is -2.30. The Labute approximate surface area is 149 Å². The van der Waals surface area contributed by atoms with Gasteiger partial charge in [0, 0.05) is 37.4 Å². The van der Waals surface area contributed by atoms with Gasteiger partial charge in [-0.2, -0.15) is 0 Å². The minimum atomic E-state index is -0.617. The second-order valence-corrected chi connectivity index (χ2v) is 6.55. The molecule has 2 aromatic rings. The maximum Gasteiger partial charge on any atom is 0.326 e. The number of amides is 1. The summed E-state index contributed by atoms with van der Waals surface area (Å²) in [6.45, 7) is 1.53. The minimum Gasteiger partial charge on any atom is -0.454 e. The Morgan fingerprint density at radius 1 is 1.24 bits per heavy atom. The second kappa shape index (κ2) is 8.48. The van der Waals surface area contributed by atoms with E-state index in [9.17, 15) is 14.4 Å². The van der Waals surface area contributed by atoms with E-state index in [0.717, 1.165) is 22.6 Å². The molecule has 7 nitrogen and oxygen atoms in total. The van der Waals surface area contributed by atoms with E-state index < -0.39 is 5.97 Å². The number of aryl methyl sites for hydroxylation is 1. The molecule has 0 saturated heterocycles. The molecule has 0 fully saturated rings. The number of ether oxygens (including phenoxy) is 1. The zero-order valence-corrected chi connectivity index (χ0v) is 15.3. The van der Waals surface area contributed by atoms with Crippen molar-refractivity contribution >= 4 is 28.9 Å². The number of carbonyl (C=O) groups is 2. The Morgan fingerprint density at radius 2 is 1.92 bits per heavy atom. The topological polar surface area (TPSA) is 80.6 Å². The summed E-state index contributed by atoms with van der Waals surface area (Å²) in [4.78, 5) is 36.8. The number of anilines is 1. The summed E-state index contributed by atoms with van der Waals surface area (Å²) in [7, 11) is 3.91. The van der Waals surface area contributed by atoms with Crippen molar-refractivity contribution in [2.75, 3.05) is 25.6 Å². The first-order valence-corrected chi connectivity index (χ1v) is 8.58. The molecule has 0 atom stereocenters. The van der Waals surface area contributed by atoms with Crippen LogP contribution in [0.5, 0.6) is 0 Å². The summed E-state index contributed by atoms with van der Waals surface area (Å²) >= 11 is 1.02. The Morgan fingerprint density at radius 3 is 2.48 bits per heavy atom. The zero-order chi connectivity index (χ0) is 18.4. The van der Waals surface area contributed by atoms with Crippen LogP contribution >= 0.6 is 11.3 Å². The maximum absolute atomic E-state index is 11.8. The van der Waals surface area contributed by atoms with Crippen LogP contribution in [-0.2, 0) is 27.4 Å². The third-order valence-corrected chi connectivity index (χ3v) is 4.45. The molecule has 134 valence electrons. The smallest absolute Gasteiger partial charge is 0.326 e. The van der Waals surface area contributed by atoms with Crippen molar-refractivity contribution in [3.8, 4) is 0 Å². The van der Waals surface area contributed by atoms with Gasteiger partial charge in [-0.05, 0) is 24.6 Å². The molecule has 0 aliphatic heterocycles. The highest BCUT2D eigenvalue weighted by Crippen LogP contribution is 2.11. The molecule has 0 saturated carbocycles. The van der Waals surface area contributed by atoms with Crippen molar-refractivity contribution in [1.82, 2.24) is 9.88 Å². The van der Waals surface area contributed by atoms with Crippen molar-refractivity contribution in [1.29, 1.82) is 0 Å². The molecular weight excluding hydrogens is 342 g/mol. The summed E-state index contributed by atoms with van der Waals surface area (Å²) in [5.74, 6) is -1.01. The van der Waals surface area contributed by atoms with E-state index >= 15 is 0 Å². The number of benzene rings is 1. The first-order chi connectivity index (χ1) is 11.9. The number of thiazole rings is 1. The van der Waals surface area contributed by atoms with E-state index in [2.05, 4.69) is 5.32 Å². The first-order valence-electron chi connectivity index (χ1n) is 7.70. The quantitative estimate of drug-likeness (QED) is 0.746. The third kappa shape index (κ3) is 5.46. The number of esters is 1. The Hall–Kier alpha value is -2.61. The van der Waals surface area contributed by atoms with E-state index in [-0.39, 0.29) is 23.9 Å². The van der Waals surface area contributed by atoms with Crippen molar-refractivity contribution in [3.05, 3.63) is 50.6 Å². The van der Waals surface area contributed by atoms with Gasteiger partial charge in [-0.1, -0.05) is 23.5 Å². The van der Waals surface area contributed by atoms with Gasteiger partial charge in [0.15, 0.2) is 6.61 Å². The average Bonchev–Trinajstić information content (AvgIpc) is 2.90. The van der Waals surface area contributed by atoms with E-state index in [1.165, 1.54) is 4.57 Å². The van der Waals surface area contributed by atoms with E-state index in [4.69, 9.17) is 4.74 Å². The standard InChI is InChI=1S/C17H21N3O4S/c1-12-11-25-17(23)20(12)9-16(22)24-10-15(21)18-8-13-4-6-14(7-5-13)19(2)3/h4-7,11H,8-10H2,1-3H3,(H,18,21). The van der Waals surface area contributed by atoms with Crippen LogP contribution in [0.3, 0.4) is 0 Å². The van der Waals surface area contributed by atoms with Crippen LogP contribution in [0.15, 0.2) is 34.4 Å². The van der Waals surface area contributed by atoms with Gasteiger partial charge < -0.3 is 15.0 Å². The Kier molecular flexibility index (Phi) is 6.35. The van der Waals surface area contributed by atoms with Gasteiger partial charge in [0.2, 0.25) is 0 Å². The van der Waals surface area contributed by atoms with Crippen LogP contribution in [0.1, 0.15) is 11.3 Å². The summed E-state index contributed by atoms with van der Waals surface area (Å²) in [6.07, 6.45) is 0. The molecule has 8 heteroatoms. The van der Waals surface area contributed by atoms with Gasteiger partial charge in [-0.3, -0.25) is 19.0 Å². The van der Waals surface area contributed by atoms with Crippen LogP contribution in [0.25, 0.3) is 0 Å². The van der Waals surface area contributed by atoms with Crippen molar-refractivity contribution in [2.45, 2.75) is 20.0 Å². The molecule has 1 aromatic carbocycles. The van der Waals surface area contributed by atoms with Gasteiger partial charge >= 0.3 is 10.8 Å². The summed E-state index contributed by atoms with van der Waals surface area (Å²) < 4.78 is 6.23. The third-order valence-electron chi connectivity index (χ3n) is 3.57. The molecule has 25 heavy (non-hydrogen) atoms. The van der Waals surface area contributed by atoms with Crippen LogP contribution in [0.4, 0.5) is 5.69 Å². The van der Waals surface area contributed by atoms with Gasteiger partial charge in [0.25, 0.3) is 5.91 Å². The fourth-order valence-electron chi connectivity index (χ4n) is 2.08. The zero-order valence-electron chi connectivity index (χ0n) is 14.4. The molecule has 2 rings (SSSR count). The molecule has 0 bridgehead atoms. The van der Waals surface area contributed by atoms with Gasteiger partial charge in [-0.15, -0.1) is 0 Å². The highest BCUT2D eigenvalue weighted by atomic mass is 32.1. The number of hydrogen-bond acceptors (Lipinski definition) is 6. The molecule has 0 unspecified atom stereocenters. The molecule has 1 aromatic heterocycles. The maximum atomic E-state index is 11.8. The van der Waals surface area contributed by atoms with Gasteiger partial charge in [-0.25, -0.2) is 0 Å². The molecule has 0 radical (unpaired) electrons. The fourth-order valence-corrected chi connectivity index (χ4v) is 2.81. The van der Waals surface area contributed by atoms with Crippen LogP contribution in [-0.4, -0.2) is 37.1 Å². The predicted molar refractivity (Wildman–Crippen MR) is 96.9 cm³/mol. The fraction of sp³-hybridized carbons (Fsp3) is 0.353. The first kappa shape index (κ1) is 18.7. The predicted octanol–water partition coefficient (Wildman–Crippen LogP) is 1.14. The molecule has 0 spiro atoms. The van der Waals surface area contributed by atoms with Crippen LogP contribution < -0.4 is 15.1 Å². The van der Waals surface area contributed by atoms with Gasteiger partial charge in [0.1, 0.15) is 6.54 Å². The molecular formula is C17H21N3O4S. The lowest BCUT2D eigenvalue weighted by Gasteiger charge is -2.13. The molecule has 0 aliphatic rings. The monoisotopic (exact) mass is 363 g/mol. The summed E-state index contributed by atoms with van der Waals surface area (Å²) in [6, 6.07) is 7.77. The lowest BCUT2D eigenvalue weighted by molar-refractivity contribution is -0.149. The SMILES string of the molecule is Cc1csc(=O)n1CC(=O)OCC(=O)NCc1ccc(N(C)C)cc1. The molecule has 1 amide bonds. The summed E-state index contributed by atoms with van der Waals surface area (Å²) in [5.41, 5.74) is 2.71. The number of carbonyl (C=O) groups excluding carboxylic acids is 2. The number of hydrogen-bond donors (Lipinski definition) is 1. The molecule has 1 heterocycles. The normalized spacial score (nSPS) is 10.4. The molecule has 1 N–H and O–H groups in total. The number of rotatable bonds is 7. The minimum absolute atomic E-state index is 0.187. The lowest BCUT2D eigenvalue weighted by atomic mass is 10.2. The largest absolute Gasteiger partial charge is 0.454 e. The Bertz CT molecular complexity index is 793. The van der Waals surface area contributed by atoms with Gasteiger partial charge in [0.05, 0.1) is 0 Å². The molecule has 0 aliphatic carbocycles.